The van der Waals surface area contributed by atoms with Gasteiger partial charge in [-0.05, 0) is 56.9 Å². The summed E-state index contributed by atoms with van der Waals surface area (Å²) in [4.78, 5) is 36.6. The molecule has 3 amide bonds. The van der Waals surface area contributed by atoms with E-state index in [0.717, 1.165) is 31.1 Å². The lowest BCUT2D eigenvalue weighted by Crippen LogP contribution is -2.58. The molecule has 1 saturated carbocycles. The number of benzene rings is 2. The number of anilines is 1. The second-order valence-corrected chi connectivity index (χ2v) is 12.6. The number of halogens is 4. The van der Waals surface area contributed by atoms with Crippen molar-refractivity contribution in [3.05, 3.63) is 65.2 Å². The van der Waals surface area contributed by atoms with E-state index in [4.69, 9.17) is 34.9 Å². The van der Waals surface area contributed by atoms with Gasteiger partial charge in [0.15, 0.2) is 11.6 Å². The number of carbonyl (C=O) groups excluding carboxylic acids is 3. The highest BCUT2D eigenvalue weighted by Gasteiger charge is 2.58. The minimum Gasteiger partial charge on any atom is -0.488 e. The van der Waals surface area contributed by atoms with Crippen molar-refractivity contribution in [3.63, 3.8) is 0 Å². The first-order valence-electron chi connectivity index (χ1n) is 14.2. The third kappa shape index (κ3) is 8.86. The maximum Gasteiger partial charge on any atom is 0.419 e. The van der Waals surface area contributed by atoms with Gasteiger partial charge < -0.3 is 34.7 Å². The smallest absolute Gasteiger partial charge is 0.419 e. The Morgan fingerprint density at radius 3 is 2.54 bits per heavy atom. The van der Waals surface area contributed by atoms with Gasteiger partial charge in [0.1, 0.15) is 31.0 Å². The summed E-state index contributed by atoms with van der Waals surface area (Å²) in [5.74, 6) is -0.690. The number of alkyl carbamates (subject to hydrolysis) is 1. The third-order valence-electron chi connectivity index (χ3n) is 6.66. The van der Waals surface area contributed by atoms with Gasteiger partial charge in [-0.1, -0.05) is 35.9 Å². The Labute approximate surface area is 267 Å². The van der Waals surface area contributed by atoms with Gasteiger partial charge in [-0.25, -0.2) is 18.9 Å². The number of hydrogen-bond donors (Lipinski definition) is 3. The Hall–Kier alpha value is -3.94. The van der Waals surface area contributed by atoms with Gasteiger partial charge >= 0.3 is 31.9 Å². The largest absolute Gasteiger partial charge is 0.488 e. The Morgan fingerprint density at radius 2 is 1.89 bits per heavy atom. The summed E-state index contributed by atoms with van der Waals surface area (Å²) in [6.45, 7) is 2.31. The van der Waals surface area contributed by atoms with E-state index >= 15 is 0 Å². The highest BCUT2D eigenvalue weighted by atomic mass is 35.5. The molecule has 4 rings (SSSR count). The van der Waals surface area contributed by atoms with Crippen molar-refractivity contribution in [2.24, 2.45) is 5.92 Å². The summed E-state index contributed by atoms with van der Waals surface area (Å²) in [5.41, 5.74) is -3.27. The summed E-state index contributed by atoms with van der Waals surface area (Å²) in [5, 5.41) is 6.40. The second-order valence-electron chi connectivity index (χ2n) is 10.2. The molecule has 2 unspecified atom stereocenters. The molecule has 46 heavy (non-hydrogen) atoms. The molecule has 1 aliphatic heterocycles. The number of rotatable bonds is 14. The fourth-order valence-corrected chi connectivity index (χ4v) is 6.02. The molecular weight excluding hydrogens is 658 g/mol. The Bertz CT molecular complexity index is 1510. The average molecular weight is 690 g/mol. The van der Waals surface area contributed by atoms with Crippen LogP contribution in [0.1, 0.15) is 32.3 Å². The zero-order chi connectivity index (χ0) is 33.5. The molecule has 1 fully saturated rings. The molecule has 250 valence electrons. The molecule has 2 aliphatic rings. The van der Waals surface area contributed by atoms with Crippen molar-refractivity contribution in [2.45, 2.75) is 44.5 Å². The SMILES string of the molecule is CCOC(=O)C(C)OP(=O)(CNC(=O)OCCOc1cc2c(cc1Cl)[C@@](/C=C/C1CC1)(C(F)(F)F)NC(=O)N2)Oc1ccccc1. The number of nitrogens with one attached hydrogen (secondary N) is 3. The number of amides is 3. The highest BCUT2D eigenvalue weighted by molar-refractivity contribution is 7.54. The summed E-state index contributed by atoms with van der Waals surface area (Å²) in [6, 6.07) is 9.09. The summed E-state index contributed by atoms with van der Waals surface area (Å²) >= 11 is 6.27. The average Bonchev–Trinajstić information content (AvgIpc) is 3.82. The first-order valence-corrected chi connectivity index (χ1v) is 16.3. The predicted molar refractivity (Wildman–Crippen MR) is 160 cm³/mol. The van der Waals surface area contributed by atoms with E-state index in [0.29, 0.717) is 0 Å². The van der Waals surface area contributed by atoms with E-state index < -0.39 is 49.8 Å². The molecule has 0 radical (unpaired) electrons. The summed E-state index contributed by atoms with van der Waals surface area (Å²) in [7, 11) is -4.15. The number of ether oxygens (including phenoxy) is 3. The van der Waals surface area contributed by atoms with Gasteiger partial charge in [0.25, 0.3) is 0 Å². The monoisotopic (exact) mass is 689 g/mol. The second kappa shape index (κ2) is 14.7. The van der Waals surface area contributed by atoms with Crippen LogP contribution in [0.3, 0.4) is 0 Å². The van der Waals surface area contributed by atoms with E-state index in [-0.39, 0.29) is 53.5 Å². The zero-order valence-corrected chi connectivity index (χ0v) is 26.4. The quantitative estimate of drug-likeness (QED) is 0.0874. The summed E-state index contributed by atoms with van der Waals surface area (Å²) < 4.78 is 82.8. The molecule has 0 aromatic heterocycles. The van der Waals surface area contributed by atoms with Gasteiger partial charge in [-0.2, -0.15) is 13.2 Å². The van der Waals surface area contributed by atoms with Crippen molar-refractivity contribution >= 4 is 43.0 Å². The molecule has 2 aromatic carbocycles. The molecule has 0 bridgehead atoms. The number of carbonyl (C=O) groups is 3. The lowest BCUT2D eigenvalue weighted by Gasteiger charge is -2.39. The maximum atomic E-state index is 14.4. The number of hydrogen-bond acceptors (Lipinski definition) is 9. The van der Waals surface area contributed by atoms with Gasteiger partial charge in [0.2, 0.25) is 0 Å². The molecule has 0 spiro atoms. The van der Waals surface area contributed by atoms with Gasteiger partial charge in [-0.3, -0.25) is 4.52 Å². The molecule has 3 atom stereocenters. The van der Waals surface area contributed by atoms with Gasteiger partial charge in [0, 0.05) is 11.6 Å². The molecule has 1 heterocycles. The number of fused-ring (bicyclic) bond motifs is 1. The van der Waals surface area contributed by atoms with E-state index in [2.05, 4.69) is 10.6 Å². The molecule has 0 saturated heterocycles. The molecule has 3 N–H and O–H groups in total. The standard InChI is InChI=1S/C29H32ClF3N3O9P/c1-3-41-25(37)18(2)44-46(40,45-20-7-5-4-6-8-20)17-34-27(39)43-14-13-42-24-16-23-21(15-22(24)30)28(29(31,32)33,36-26(38)35-23)12-11-19-9-10-19/h4-8,11-12,15-16,18-19H,3,9-10,13-14,17H2,1-2H3,(H,34,39)(H2,35,36,38)/b12-11+/t18?,28-,46?/m0/s1. The normalized spacial score (nSPS) is 19.6. The van der Waals surface area contributed by atoms with Crippen LogP contribution in [0.4, 0.5) is 28.4 Å². The van der Waals surface area contributed by atoms with Crippen molar-refractivity contribution in [1.82, 2.24) is 10.6 Å². The number of para-hydroxylation sites is 1. The fourth-order valence-electron chi connectivity index (χ4n) is 4.29. The molecule has 17 heteroatoms. The Kier molecular flexibility index (Phi) is 11.1. The van der Waals surface area contributed by atoms with Crippen LogP contribution in [0.2, 0.25) is 5.02 Å². The van der Waals surface area contributed by atoms with Crippen LogP contribution in [0.5, 0.6) is 11.5 Å². The summed E-state index contributed by atoms with van der Waals surface area (Å²) in [6.07, 6.45) is -3.97. The van der Waals surface area contributed by atoms with Crippen LogP contribution in [-0.2, 0) is 28.9 Å². The minimum absolute atomic E-state index is 0.00810. The van der Waals surface area contributed by atoms with E-state index in [1.54, 1.807) is 25.1 Å². The van der Waals surface area contributed by atoms with E-state index in [1.165, 1.54) is 25.1 Å². The van der Waals surface area contributed by atoms with E-state index in [9.17, 15) is 32.1 Å². The van der Waals surface area contributed by atoms with Crippen molar-refractivity contribution in [3.8, 4) is 11.5 Å². The molecule has 12 nitrogen and oxygen atoms in total. The van der Waals surface area contributed by atoms with Crippen LogP contribution in [0, 0.1) is 5.92 Å². The van der Waals surface area contributed by atoms with Crippen LogP contribution < -0.4 is 25.2 Å². The van der Waals surface area contributed by atoms with Gasteiger partial charge in [0.05, 0.1) is 17.3 Å². The predicted octanol–water partition coefficient (Wildman–Crippen LogP) is 6.50. The highest BCUT2D eigenvalue weighted by Crippen LogP contribution is 2.49. The number of allylic oxidation sites excluding steroid dienone is 1. The molecule has 1 aliphatic carbocycles. The van der Waals surface area contributed by atoms with E-state index in [1.807, 2.05) is 5.32 Å². The lowest BCUT2D eigenvalue weighted by molar-refractivity contribution is -0.181. The number of esters is 1. The topological polar surface area (TPSA) is 151 Å². The number of urea groups is 1. The van der Waals surface area contributed by atoms with Crippen molar-refractivity contribution in [1.29, 1.82) is 0 Å². The Balaban J connectivity index is 1.36. The fraction of sp³-hybridized carbons (Fsp3) is 0.414. The Morgan fingerprint density at radius 1 is 1.17 bits per heavy atom. The van der Waals surface area contributed by atoms with Crippen LogP contribution >= 0.6 is 19.2 Å². The minimum atomic E-state index is -4.88. The lowest BCUT2D eigenvalue weighted by atomic mass is 9.85. The maximum absolute atomic E-state index is 14.4. The van der Waals surface area contributed by atoms with Crippen LogP contribution in [0.25, 0.3) is 0 Å². The first kappa shape index (κ1) is 34.9. The molecule has 2 aromatic rings. The number of alkyl halides is 3. The van der Waals surface area contributed by atoms with Crippen molar-refractivity contribution in [2.75, 3.05) is 31.4 Å². The van der Waals surface area contributed by atoms with Crippen LogP contribution in [-0.4, -0.2) is 56.5 Å². The van der Waals surface area contributed by atoms with Gasteiger partial charge in [-0.15, -0.1) is 0 Å². The van der Waals surface area contributed by atoms with Crippen LogP contribution in [0.15, 0.2) is 54.6 Å². The molecular formula is C29H32ClF3N3O9P. The third-order valence-corrected chi connectivity index (χ3v) is 8.63. The first-order chi connectivity index (χ1) is 21.7. The van der Waals surface area contributed by atoms with Crippen molar-refractivity contribution < 1.29 is 55.4 Å². The zero-order valence-electron chi connectivity index (χ0n) is 24.7.